The average Bonchev–Trinajstić information content (AvgIpc) is 2.64. The second-order valence-corrected chi connectivity index (χ2v) is 7.60. The first-order valence-electron chi connectivity index (χ1n) is 9.86. The summed E-state index contributed by atoms with van der Waals surface area (Å²) in [6.45, 7) is 5.85. The van der Waals surface area contributed by atoms with E-state index in [4.69, 9.17) is 5.73 Å². The smallest absolute Gasteiger partial charge is 0.230 e. The largest absolute Gasteiger partial charge is 0.353 e. The van der Waals surface area contributed by atoms with E-state index in [1.807, 2.05) is 18.7 Å². The van der Waals surface area contributed by atoms with Crippen LogP contribution in [0, 0.1) is 11.3 Å². The van der Waals surface area contributed by atoms with E-state index in [1.165, 1.54) is 19.3 Å². The lowest BCUT2D eigenvalue weighted by Gasteiger charge is -2.39. The van der Waals surface area contributed by atoms with Crippen LogP contribution in [0.2, 0.25) is 0 Å². The average molecular weight is 374 g/mol. The molecule has 0 aromatic carbocycles. The lowest BCUT2D eigenvalue weighted by atomic mass is 9.80. The quantitative estimate of drug-likeness (QED) is 0.751. The molecule has 2 amide bonds. The number of halogens is 1. The van der Waals surface area contributed by atoms with Gasteiger partial charge in [0.1, 0.15) is 0 Å². The minimum absolute atomic E-state index is 0. The second-order valence-electron chi connectivity index (χ2n) is 7.60. The highest BCUT2D eigenvalue weighted by Crippen LogP contribution is 2.30. The number of nitrogens with two attached hydrogens (primary N) is 1. The van der Waals surface area contributed by atoms with E-state index in [-0.39, 0.29) is 30.1 Å². The molecule has 6 heteroatoms. The molecule has 1 aliphatic carbocycles. The van der Waals surface area contributed by atoms with Crippen LogP contribution in [0.3, 0.4) is 0 Å². The molecule has 146 valence electrons. The molecule has 2 aliphatic rings. The van der Waals surface area contributed by atoms with Gasteiger partial charge in [0.2, 0.25) is 11.8 Å². The van der Waals surface area contributed by atoms with Crippen LogP contribution < -0.4 is 11.1 Å². The van der Waals surface area contributed by atoms with Crippen LogP contribution in [0.4, 0.5) is 0 Å². The van der Waals surface area contributed by atoms with Crippen molar-refractivity contribution in [3.63, 3.8) is 0 Å². The van der Waals surface area contributed by atoms with Gasteiger partial charge in [-0.3, -0.25) is 9.59 Å². The van der Waals surface area contributed by atoms with Gasteiger partial charge in [-0.2, -0.15) is 0 Å². The van der Waals surface area contributed by atoms with Crippen molar-refractivity contribution in [2.45, 2.75) is 77.7 Å². The van der Waals surface area contributed by atoms with Crippen LogP contribution in [-0.2, 0) is 9.59 Å². The predicted octanol–water partition coefficient (Wildman–Crippen LogP) is 2.86. The molecule has 0 aromatic rings. The maximum absolute atomic E-state index is 12.9. The molecule has 2 fully saturated rings. The lowest BCUT2D eigenvalue weighted by molar-refractivity contribution is -0.145. The molecule has 2 rings (SSSR count). The Morgan fingerprint density at radius 1 is 1.04 bits per heavy atom. The van der Waals surface area contributed by atoms with Gasteiger partial charge in [-0.1, -0.05) is 33.1 Å². The summed E-state index contributed by atoms with van der Waals surface area (Å²) in [6, 6.07) is 0.371. The van der Waals surface area contributed by atoms with Gasteiger partial charge < -0.3 is 16.0 Å². The monoisotopic (exact) mass is 373 g/mol. The first kappa shape index (κ1) is 22.2. The van der Waals surface area contributed by atoms with Crippen molar-refractivity contribution >= 4 is 24.2 Å². The highest BCUT2D eigenvalue weighted by atomic mass is 35.5. The number of carbonyl (C=O) groups excluding carboxylic acids is 2. The third-order valence-electron chi connectivity index (χ3n) is 6.30. The number of hydrogen-bond donors (Lipinski definition) is 2. The molecular formula is C19H36ClN3O2. The SMILES string of the molecule is CCC(CC)(CN)C(=O)N1CCC(C(=O)NC2CCCCC2)CC1.Cl. The Bertz CT molecular complexity index is 418. The van der Waals surface area contributed by atoms with Gasteiger partial charge in [0.05, 0.1) is 5.41 Å². The summed E-state index contributed by atoms with van der Waals surface area (Å²) in [6.07, 6.45) is 9.10. The van der Waals surface area contributed by atoms with Gasteiger partial charge in [-0.05, 0) is 38.5 Å². The second kappa shape index (κ2) is 10.4. The third kappa shape index (κ3) is 5.33. The Morgan fingerprint density at radius 2 is 1.60 bits per heavy atom. The zero-order valence-electron chi connectivity index (χ0n) is 15.9. The summed E-state index contributed by atoms with van der Waals surface area (Å²) < 4.78 is 0. The Hall–Kier alpha value is -0.810. The number of nitrogens with zero attached hydrogens (tertiary/aromatic N) is 1. The number of carbonyl (C=O) groups is 2. The number of amides is 2. The van der Waals surface area contributed by atoms with E-state index < -0.39 is 5.41 Å². The van der Waals surface area contributed by atoms with Crippen molar-refractivity contribution < 1.29 is 9.59 Å². The molecule has 3 N–H and O–H groups in total. The Balaban J connectivity index is 0.00000312. The normalized spacial score (nSPS) is 20.0. The van der Waals surface area contributed by atoms with E-state index in [0.717, 1.165) is 38.5 Å². The van der Waals surface area contributed by atoms with Crippen molar-refractivity contribution in [3.8, 4) is 0 Å². The van der Waals surface area contributed by atoms with Gasteiger partial charge in [0.15, 0.2) is 0 Å². The maximum atomic E-state index is 12.9. The van der Waals surface area contributed by atoms with Crippen molar-refractivity contribution in [2.75, 3.05) is 19.6 Å². The standard InChI is InChI=1S/C19H35N3O2.ClH/c1-3-19(4-2,14-20)18(24)22-12-10-15(11-13-22)17(23)21-16-8-6-5-7-9-16;/h15-16H,3-14,20H2,1-2H3,(H,21,23);1H. The minimum atomic E-state index is -0.419. The molecule has 0 aromatic heterocycles. The molecule has 25 heavy (non-hydrogen) atoms. The lowest BCUT2D eigenvalue weighted by Crippen LogP contribution is -2.51. The molecule has 5 nitrogen and oxygen atoms in total. The number of hydrogen-bond acceptors (Lipinski definition) is 3. The molecule has 1 saturated heterocycles. The van der Waals surface area contributed by atoms with Gasteiger partial charge in [-0.25, -0.2) is 0 Å². The van der Waals surface area contributed by atoms with Gasteiger partial charge in [-0.15, -0.1) is 12.4 Å². The van der Waals surface area contributed by atoms with Crippen LogP contribution in [0.15, 0.2) is 0 Å². The van der Waals surface area contributed by atoms with Crippen molar-refractivity contribution in [3.05, 3.63) is 0 Å². The highest BCUT2D eigenvalue weighted by molar-refractivity contribution is 5.85. The van der Waals surface area contributed by atoms with E-state index in [9.17, 15) is 9.59 Å². The fraction of sp³-hybridized carbons (Fsp3) is 0.895. The Labute approximate surface area is 158 Å². The van der Waals surface area contributed by atoms with E-state index in [1.54, 1.807) is 0 Å². The molecular weight excluding hydrogens is 338 g/mol. The first-order valence-corrected chi connectivity index (χ1v) is 9.86. The molecule has 1 aliphatic heterocycles. The molecule has 1 heterocycles. The summed E-state index contributed by atoms with van der Waals surface area (Å²) in [5.74, 6) is 0.442. The van der Waals surface area contributed by atoms with E-state index >= 15 is 0 Å². The van der Waals surface area contributed by atoms with Crippen LogP contribution >= 0.6 is 12.4 Å². The number of rotatable bonds is 6. The Kier molecular flexibility index (Phi) is 9.22. The van der Waals surface area contributed by atoms with Crippen LogP contribution in [-0.4, -0.2) is 42.4 Å². The van der Waals surface area contributed by atoms with E-state index in [2.05, 4.69) is 5.32 Å². The zero-order chi connectivity index (χ0) is 17.6. The van der Waals surface area contributed by atoms with E-state index in [0.29, 0.717) is 25.7 Å². The molecule has 0 unspecified atom stereocenters. The van der Waals surface area contributed by atoms with Gasteiger partial charge in [0, 0.05) is 31.6 Å². The molecule has 0 bridgehead atoms. The fourth-order valence-corrected chi connectivity index (χ4v) is 4.17. The zero-order valence-corrected chi connectivity index (χ0v) is 16.7. The highest BCUT2D eigenvalue weighted by Gasteiger charge is 2.38. The molecule has 0 atom stereocenters. The topological polar surface area (TPSA) is 75.4 Å². The van der Waals surface area contributed by atoms with Crippen molar-refractivity contribution in [2.24, 2.45) is 17.1 Å². The predicted molar refractivity (Wildman–Crippen MR) is 104 cm³/mol. The fourth-order valence-electron chi connectivity index (χ4n) is 4.17. The number of piperidine rings is 1. The first-order chi connectivity index (χ1) is 11.6. The summed E-state index contributed by atoms with van der Waals surface area (Å²) in [4.78, 5) is 27.3. The summed E-state index contributed by atoms with van der Waals surface area (Å²) in [5.41, 5.74) is 5.48. The number of likely N-dealkylation sites (tertiary alicyclic amines) is 1. The third-order valence-corrected chi connectivity index (χ3v) is 6.30. The van der Waals surface area contributed by atoms with Gasteiger partial charge >= 0.3 is 0 Å². The summed E-state index contributed by atoms with van der Waals surface area (Å²) in [7, 11) is 0. The summed E-state index contributed by atoms with van der Waals surface area (Å²) >= 11 is 0. The van der Waals surface area contributed by atoms with Gasteiger partial charge in [0.25, 0.3) is 0 Å². The van der Waals surface area contributed by atoms with Crippen LogP contribution in [0.5, 0.6) is 0 Å². The van der Waals surface area contributed by atoms with Crippen molar-refractivity contribution in [1.29, 1.82) is 0 Å². The number of nitrogens with one attached hydrogen (secondary N) is 1. The molecule has 1 saturated carbocycles. The Morgan fingerprint density at radius 3 is 2.08 bits per heavy atom. The summed E-state index contributed by atoms with van der Waals surface area (Å²) in [5, 5.41) is 3.23. The van der Waals surface area contributed by atoms with Crippen molar-refractivity contribution in [1.82, 2.24) is 10.2 Å². The molecule has 0 spiro atoms. The van der Waals surface area contributed by atoms with Crippen LogP contribution in [0.25, 0.3) is 0 Å². The molecule has 0 radical (unpaired) electrons. The van der Waals surface area contributed by atoms with Crippen LogP contribution in [0.1, 0.15) is 71.6 Å². The minimum Gasteiger partial charge on any atom is -0.353 e. The maximum Gasteiger partial charge on any atom is 0.230 e.